The van der Waals surface area contributed by atoms with Gasteiger partial charge in [-0.3, -0.25) is 9.48 Å². The molecular formula is C12H19N3O2. The van der Waals surface area contributed by atoms with E-state index in [0.29, 0.717) is 12.1 Å². The second-order valence-corrected chi connectivity index (χ2v) is 4.71. The first kappa shape index (κ1) is 12.1. The molecule has 1 aromatic rings. The van der Waals surface area contributed by atoms with Crippen molar-refractivity contribution < 1.29 is 9.90 Å². The summed E-state index contributed by atoms with van der Waals surface area (Å²) in [5.41, 5.74) is 1.56. The van der Waals surface area contributed by atoms with Gasteiger partial charge >= 0.3 is 0 Å². The molecule has 94 valence electrons. The highest BCUT2D eigenvalue weighted by Crippen LogP contribution is 2.19. The Morgan fingerprint density at radius 3 is 3.00 bits per heavy atom. The van der Waals surface area contributed by atoms with Crippen LogP contribution in [0.5, 0.6) is 0 Å². The number of rotatable bonds is 2. The minimum atomic E-state index is 0.0359. The second-order valence-electron chi connectivity index (χ2n) is 4.71. The lowest BCUT2D eigenvalue weighted by Gasteiger charge is -2.31. The van der Waals surface area contributed by atoms with Crippen LogP contribution in [0.4, 0.5) is 0 Å². The van der Waals surface area contributed by atoms with E-state index in [2.05, 4.69) is 5.10 Å². The third kappa shape index (κ3) is 2.34. The average Bonchev–Trinajstić information content (AvgIpc) is 2.69. The van der Waals surface area contributed by atoms with Crippen LogP contribution in [0.15, 0.2) is 6.20 Å². The largest absolute Gasteiger partial charge is 0.396 e. The van der Waals surface area contributed by atoms with E-state index in [-0.39, 0.29) is 18.4 Å². The van der Waals surface area contributed by atoms with Crippen molar-refractivity contribution in [3.05, 3.63) is 17.5 Å². The fraction of sp³-hybridized carbons (Fsp3) is 0.667. The summed E-state index contributed by atoms with van der Waals surface area (Å²) in [6.45, 7) is 3.50. The zero-order valence-corrected chi connectivity index (χ0v) is 10.4. The van der Waals surface area contributed by atoms with Gasteiger partial charge in [0.25, 0.3) is 5.91 Å². The fourth-order valence-electron chi connectivity index (χ4n) is 2.28. The Bertz CT molecular complexity index is 414. The van der Waals surface area contributed by atoms with E-state index in [1.165, 1.54) is 0 Å². The lowest BCUT2D eigenvalue weighted by molar-refractivity contribution is 0.0620. The van der Waals surface area contributed by atoms with E-state index in [1.807, 2.05) is 18.9 Å². The van der Waals surface area contributed by atoms with Crippen molar-refractivity contribution in [1.29, 1.82) is 0 Å². The highest BCUT2D eigenvalue weighted by molar-refractivity contribution is 5.95. The van der Waals surface area contributed by atoms with Crippen LogP contribution in [0, 0.1) is 12.8 Å². The van der Waals surface area contributed by atoms with E-state index >= 15 is 0 Å². The molecule has 1 atom stereocenters. The van der Waals surface area contributed by atoms with Crippen molar-refractivity contribution >= 4 is 5.91 Å². The molecule has 5 nitrogen and oxygen atoms in total. The Labute approximate surface area is 101 Å². The van der Waals surface area contributed by atoms with Crippen molar-refractivity contribution in [3.8, 4) is 0 Å². The number of aliphatic hydroxyl groups excluding tert-OH is 1. The van der Waals surface area contributed by atoms with Gasteiger partial charge in [0.05, 0.1) is 11.8 Å². The minimum Gasteiger partial charge on any atom is -0.396 e. The van der Waals surface area contributed by atoms with Crippen LogP contribution in [-0.2, 0) is 7.05 Å². The number of nitrogens with zero attached hydrogens (tertiary/aromatic N) is 3. The predicted octanol–water partition coefficient (Wildman–Crippen LogP) is 0.573. The molecule has 0 radical (unpaired) electrons. The zero-order chi connectivity index (χ0) is 12.4. The van der Waals surface area contributed by atoms with Crippen molar-refractivity contribution in [2.75, 3.05) is 19.7 Å². The lowest BCUT2D eigenvalue weighted by atomic mass is 9.98. The van der Waals surface area contributed by atoms with Crippen LogP contribution in [0.3, 0.4) is 0 Å². The van der Waals surface area contributed by atoms with Gasteiger partial charge in [-0.05, 0) is 25.7 Å². The topological polar surface area (TPSA) is 58.4 Å². The molecule has 1 fully saturated rings. The van der Waals surface area contributed by atoms with Gasteiger partial charge < -0.3 is 10.0 Å². The molecule has 5 heteroatoms. The van der Waals surface area contributed by atoms with Crippen LogP contribution in [0.1, 0.15) is 28.9 Å². The SMILES string of the molecule is Cc1c(C(=O)N2CCCC(CO)C2)cnn1C. The Kier molecular flexibility index (Phi) is 3.47. The Hall–Kier alpha value is -1.36. The number of hydrogen-bond acceptors (Lipinski definition) is 3. The highest BCUT2D eigenvalue weighted by atomic mass is 16.3. The normalized spacial score (nSPS) is 20.6. The smallest absolute Gasteiger partial charge is 0.257 e. The molecule has 1 N–H and O–H groups in total. The summed E-state index contributed by atoms with van der Waals surface area (Å²) in [5, 5.41) is 13.3. The van der Waals surface area contributed by atoms with Gasteiger partial charge in [-0.2, -0.15) is 5.10 Å². The first-order valence-electron chi connectivity index (χ1n) is 6.02. The average molecular weight is 237 g/mol. The second kappa shape index (κ2) is 4.87. The third-order valence-corrected chi connectivity index (χ3v) is 3.53. The summed E-state index contributed by atoms with van der Waals surface area (Å²) in [4.78, 5) is 14.1. The maximum atomic E-state index is 12.3. The first-order valence-corrected chi connectivity index (χ1v) is 6.02. The summed E-state index contributed by atoms with van der Waals surface area (Å²) < 4.78 is 1.71. The molecule has 0 saturated carbocycles. The Balaban J connectivity index is 2.12. The van der Waals surface area contributed by atoms with Gasteiger partial charge in [0.15, 0.2) is 0 Å². The number of amides is 1. The maximum absolute atomic E-state index is 12.3. The van der Waals surface area contributed by atoms with E-state index in [0.717, 1.165) is 25.1 Å². The Morgan fingerprint density at radius 2 is 2.41 bits per heavy atom. The number of aromatic nitrogens is 2. The molecule has 2 heterocycles. The Morgan fingerprint density at radius 1 is 1.65 bits per heavy atom. The first-order chi connectivity index (χ1) is 8.13. The quantitative estimate of drug-likeness (QED) is 0.818. The molecule has 1 aliphatic heterocycles. The van der Waals surface area contributed by atoms with Crippen molar-refractivity contribution in [1.82, 2.24) is 14.7 Å². The summed E-state index contributed by atoms with van der Waals surface area (Å²) in [6.07, 6.45) is 3.60. The molecule has 1 amide bonds. The molecule has 1 saturated heterocycles. The van der Waals surface area contributed by atoms with Crippen LogP contribution in [-0.4, -0.2) is 45.4 Å². The van der Waals surface area contributed by atoms with Crippen molar-refractivity contribution in [3.63, 3.8) is 0 Å². The molecule has 0 aliphatic carbocycles. The molecule has 0 aromatic carbocycles. The highest BCUT2D eigenvalue weighted by Gasteiger charge is 2.25. The predicted molar refractivity (Wildman–Crippen MR) is 63.7 cm³/mol. The number of aliphatic hydroxyl groups is 1. The molecule has 0 bridgehead atoms. The number of carbonyl (C=O) groups is 1. The number of likely N-dealkylation sites (tertiary alicyclic amines) is 1. The van der Waals surface area contributed by atoms with E-state index in [4.69, 9.17) is 5.11 Å². The molecule has 1 aliphatic rings. The summed E-state index contributed by atoms with van der Waals surface area (Å²) in [5.74, 6) is 0.262. The zero-order valence-electron chi connectivity index (χ0n) is 10.4. The maximum Gasteiger partial charge on any atom is 0.257 e. The van der Waals surface area contributed by atoms with Crippen LogP contribution in [0.2, 0.25) is 0 Å². The monoisotopic (exact) mass is 237 g/mol. The minimum absolute atomic E-state index is 0.0359. The number of hydrogen-bond donors (Lipinski definition) is 1. The molecule has 0 spiro atoms. The van der Waals surface area contributed by atoms with Crippen molar-refractivity contribution in [2.45, 2.75) is 19.8 Å². The van der Waals surface area contributed by atoms with Gasteiger partial charge in [0.1, 0.15) is 0 Å². The van der Waals surface area contributed by atoms with Gasteiger partial charge in [0, 0.05) is 32.4 Å². The molecule has 1 unspecified atom stereocenters. The molecule has 1 aromatic heterocycles. The summed E-state index contributed by atoms with van der Waals surface area (Å²) in [7, 11) is 1.83. The van der Waals surface area contributed by atoms with Crippen LogP contribution >= 0.6 is 0 Å². The fourth-order valence-corrected chi connectivity index (χ4v) is 2.28. The summed E-state index contributed by atoms with van der Waals surface area (Å²) >= 11 is 0. The van der Waals surface area contributed by atoms with Gasteiger partial charge in [-0.15, -0.1) is 0 Å². The number of aryl methyl sites for hydroxylation is 1. The van der Waals surface area contributed by atoms with Gasteiger partial charge in [-0.25, -0.2) is 0 Å². The van der Waals surface area contributed by atoms with E-state index < -0.39 is 0 Å². The van der Waals surface area contributed by atoms with Crippen molar-refractivity contribution in [2.24, 2.45) is 13.0 Å². The standard InChI is InChI=1S/C12H19N3O2/c1-9-11(6-13-14(9)2)12(17)15-5-3-4-10(7-15)8-16/h6,10,16H,3-5,7-8H2,1-2H3. The number of carbonyl (C=O) groups excluding carboxylic acids is 1. The lowest BCUT2D eigenvalue weighted by Crippen LogP contribution is -2.41. The van der Waals surface area contributed by atoms with E-state index in [9.17, 15) is 4.79 Å². The molecule has 17 heavy (non-hydrogen) atoms. The third-order valence-electron chi connectivity index (χ3n) is 3.53. The van der Waals surface area contributed by atoms with Gasteiger partial charge in [0.2, 0.25) is 0 Å². The van der Waals surface area contributed by atoms with Crippen LogP contribution < -0.4 is 0 Å². The molecule has 2 rings (SSSR count). The summed E-state index contributed by atoms with van der Waals surface area (Å²) in [6, 6.07) is 0. The van der Waals surface area contributed by atoms with Gasteiger partial charge in [-0.1, -0.05) is 0 Å². The number of piperidine rings is 1. The molecular weight excluding hydrogens is 218 g/mol. The van der Waals surface area contributed by atoms with Crippen LogP contribution in [0.25, 0.3) is 0 Å². The van der Waals surface area contributed by atoms with E-state index in [1.54, 1.807) is 10.9 Å².